The Kier molecular flexibility index (Phi) is 14.0. The summed E-state index contributed by atoms with van der Waals surface area (Å²) in [5.74, 6) is -0.275. The number of rotatable bonds is 5. The van der Waals surface area contributed by atoms with E-state index >= 15 is 0 Å². The topological polar surface area (TPSA) is 132 Å². The lowest BCUT2D eigenvalue weighted by molar-refractivity contribution is -0.161. The summed E-state index contributed by atoms with van der Waals surface area (Å²) in [6.07, 6.45) is 7.37. The Morgan fingerprint density at radius 3 is 2.40 bits per heavy atom. The molecule has 1 saturated carbocycles. The monoisotopic (exact) mass is 587 g/mol. The third kappa shape index (κ3) is 10.5. The van der Waals surface area contributed by atoms with Crippen molar-refractivity contribution < 1.29 is 29.3 Å². The molecule has 3 rings (SSSR count). The first-order valence-corrected chi connectivity index (χ1v) is 16.0. The first-order chi connectivity index (χ1) is 20.1. The highest BCUT2D eigenvalue weighted by Crippen LogP contribution is 2.40. The molecule has 1 aliphatic carbocycles. The van der Waals surface area contributed by atoms with Gasteiger partial charge in [-0.05, 0) is 61.9 Å². The number of nitriles is 1. The molecule has 42 heavy (non-hydrogen) atoms. The summed E-state index contributed by atoms with van der Waals surface area (Å²) < 4.78 is 11.3. The van der Waals surface area contributed by atoms with Crippen LogP contribution < -0.4 is 5.32 Å². The minimum atomic E-state index is -0.858. The summed E-state index contributed by atoms with van der Waals surface area (Å²) in [6.45, 7) is 12.8. The van der Waals surface area contributed by atoms with Gasteiger partial charge >= 0.3 is 5.97 Å². The van der Waals surface area contributed by atoms with Crippen molar-refractivity contribution in [2.75, 3.05) is 39.4 Å². The lowest BCUT2D eigenvalue weighted by atomic mass is 9.69. The molecule has 0 unspecified atom stereocenters. The van der Waals surface area contributed by atoms with Crippen molar-refractivity contribution in [3.8, 4) is 6.07 Å². The number of aliphatic hydroxyl groups excluding tert-OH is 2. The van der Waals surface area contributed by atoms with E-state index < -0.39 is 24.3 Å². The second kappa shape index (κ2) is 17.1. The molecule has 9 nitrogen and oxygen atoms in total. The van der Waals surface area contributed by atoms with Crippen LogP contribution in [-0.2, 0) is 19.1 Å². The Hall–Kier alpha value is -2.25. The number of hydrogen-bond donors (Lipinski definition) is 3. The van der Waals surface area contributed by atoms with Crippen LogP contribution in [0.1, 0.15) is 72.6 Å². The number of nitrogens with zero attached hydrogens (tertiary/aromatic N) is 2. The average Bonchev–Trinajstić information content (AvgIpc) is 2.91. The molecule has 0 aromatic rings. The number of carbonyl (C=O) groups is 2. The lowest BCUT2D eigenvalue weighted by Gasteiger charge is -2.40. The van der Waals surface area contributed by atoms with Gasteiger partial charge in [-0.15, -0.1) is 0 Å². The molecule has 3 N–H and O–H groups in total. The first-order valence-electron chi connectivity index (χ1n) is 16.0. The quantitative estimate of drug-likeness (QED) is 0.416. The summed E-state index contributed by atoms with van der Waals surface area (Å²) in [6, 6.07) is 2.15. The standard InChI is InChI=1S/C33H53N3O6/c1-22-17-23(2)19-25(4)32(39)26(21-34)7-5-6-8-30(42-31(38)20-29(37)24(3)18-22)27-9-10-28(27)33(40)35-11-12-36-13-15-41-16-14-36/h5-7,22-25,27-30,32,37,39H,8-20H2,1-4H3,(H,35,40)/b6-5+,26-7-/t22-,23+,24-,25-,27+,28+,29-,30-,32+/m0/s1. The summed E-state index contributed by atoms with van der Waals surface area (Å²) in [7, 11) is 0. The highest BCUT2D eigenvalue weighted by Gasteiger charge is 2.43. The Balaban J connectivity index is 1.71. The zero-order valence-corrected chi connectivity index (χ0v) is 26.0. The van der Waals surface area contributed by atoms with Crippen molar-refractivity contribution in [2.24, 2.45) is 35.5 Å². The van der Waals surface area contributed by atoms with Gasteiger partial charge in [-0.1, -0.05) is 39.8 Å². The molecule has 0 bridgehead atoms. The lowest BCUT2D eigenvalue weighted by Crippen LogP contribution is -2.48. The molecule has 2 aliphatic heterocycles. The van der Waals surface area contributed by atoms with Crippen LogP contribution in [0.15, 0.2) is 23.8 Å². The van der Waals surface area contributed by atoms with E-state index in [4.69, 9.17) is 9.47 Å². The minimum absolute atomic E-state index is 0.0142. The average molecular weight is 588 g/mol. The predicted molar refractivity (Wildman–Crippen MR) is 161 cm³/mol. The van der Waals surface area contributed by atoms with Crippen molar-refractivity contribution in [1.82, 2.24) is 10.2 Å². The molecular weight excluding hydrogens is 534 g/mol. The maximum atomic E-state index is 13.1. The van der Waals surface area contributed by atoms with Crippen molar-refractivity contribution in [3.63, 3.8) is 0 Å². The maximum absolute atomic E-state index is 13.1. The second-order valence-electron chi connectivity index (χ2n) is 13.1. The maximum Gasteiger partial charge on any atom is 0.308 e. The fourth-order valence-corrected chi connectivity index (χ4v) is 6.82. The zero-order chi connectivity index (χ0) is 30.6. The van der Waals surface area contributed by atoms with Crippen LogP contribution in [0.5, 0.6) is 0 Å². The SMILES string of the molecule is C[C@@H]1C[C@H](C)C[C@H](C)[C@@H](O)CC(=O)O[C@H]([C@@H]2CC[C@H]2C(=O)NCCN2CCOCC2)C/C=C/C=C(/C#N)[C@H](O)[C@@H](C)C1. The molecule has 236 valence electrons. The number of carbonyl (C=O) groups excluding carboxylic acids is 2. The van der Waals surface area contributed by atoms with E-state index in [9.17, 15) is 25.1 Å². The van der Waals surface area contributed by atoms with Crippen molar-refractivity contribution in [2.45, 2.75) is 91.0 Å². The number of ether oxygens (including phenoxy) is 2. The Morgan fingerprint density at radius 1 is 1.07 bits per heavy atom. The van der Waals surface area contributed by atoms with Crippen molar-refractivity contribution in [3.05, 3.63) is 23.8 Å². The van der Waals surface area contributed by atoms with E-state index in [0.717, 1.165) is 51.7 Å². The van der Waals surface area contributed by atoms with Crippen LogP contribution in [0.25, 0.3) is 0 Å². The number of nitrogens with one attached hydrogen (secondary N) is 1. The number of aliphatic hydroxyl groups is 2. The fourth-order valence-electron chi connectivity index (χ4n) is 6.82. The first kappa shape index (κ1) is 34.2. The van der Waals surface area contributed by atoms with Crippen molar-refractivity contribution in [1.29, 1.82) is 5.26 Å². The highest BCUT2D eigenvalue weighted by molar-refractivity contribution is 5.80. The van der Waals surface area contributed by atoms with Crippen LogP contribution in [0, 0.1) is 46.8 Å². The molecule has 0 radical (unpaired) electrons. The second-order valence-corrected chi connectivity index (χ2v) is 13.1. The van der Waals surface area contributed by atoms with E-state index in [0.29, 0.717) is 43.6 Å². The molecule has 9 heteroatoms. The molecule has 1 amide bonds. The third-order valence-electron chi connectivity index (χ3n) is 9.41. The van der Waals surface area contributed by atoms with E-state index in [1.54, 1.807) is 12.2 Å². The van der Waals surface area contributed by atoms with Crippen LogP contribution >= 0.6 is 0 Å². The zero-order valence-electron chi connectivity index (χ0n) is 26.0. The van der Waals surface area contributed by atoms with Gasteiger partial charge in [-0.3, -0.25) is 14.5 Å². The number of esters is 1. The largest absolute Gasteiger partial charge is 0.462 e. The molecule has 0 spiro atoms. The molecule has 0 aromatic heterocycles. The molecular formula is C33H53N3O6. The van der Waals surface area contributed by atoms with Crippen LogP contribution in [0.3, 0.4) is 0 Å². The van der Waals surface area contributed by atoms with Gasteiger partial charge in [0.05, 0.1) is 43.5 Å². The van der Waals surface area contributed by atoms with E-state index in [1.807, 2.05) is 19.9 Å². The molecule has 3 aliphatic rings. The normalized spacial score (nSPS) is 38.4. The molecule has 1 saturated heterocycles. The van der Waals surface area contributed by atoms with Gasteiger partial charge in [0.15, 0.2) is 0 Å². The predicted octanol–water partition coefficient (Wildman–Crippen LogP) is 3.61. The number of morpholine rings is 1. The van der Waals surface area contributed by atoms with E-state index in [-0.39, 0.29) is 36.0 Å². The van der Waals surface area contributed by atoms with E-state index in [1.165, 1.54) is 0 Å². The summed E-state index contributed by atoms with van der Waals surface area (Å²) in [5, 5.41) is 34.5. The van der Waals surface area contributed by atoms with Gasteiger partial charge in [0, 0.05) is 44.4 Å². The van der Waals surface area contributed by atoms with Gasteiger partial charge < -0.3 is 25.0 Å². The summed E-state index contributed by atoms with van der Waals surface area (Å²) in [5.41, 5.74) is 0.312. The number of hydrogen-bond acceptors (Lipinski definition) is 8. The Bertz CT molecular complexity index is 971. The number of amides is 1. The van der Waals surface area contributed by atoms with Gasteiger partial charge in [-0.2, -0.15) is 5.26 Å². The van der Waals surface area contributed by atoms with Crippen LogP contribution in [0.2, 0.25) is 0 Å². The molecule has 0 aromatic carbocycles. The van der Waals surface area contributed by atoms with Gasteiger partial charge in [0.25, 0.3) is 0 Å². The number of cyclic esters (lactones) is 1. The fraction of sp³-hybridized carbons (Fsp3) is 0.788. The Labute approximate surface area is 252 Å². The van der Waals surface area contributed by atoms with E-state index in [2.05, 4.69) is 30.1 Å². The highest BCUT2D eigenvalue weighted by atomic mass is 16.5. The van der Waals surface area contributed by atoms with Gasteiger partial charge in [0.2, 0.25) is 5.91 Å². The van der Waals surface area contributed by atoms with Gasteiger partial charge in [-0.25, -0.2) is 0 Å². The van der Waals surface area contributed by atoms with Gasteiger partial charge in [0.1, 0.15) is 6.10 Å². The minimum Gasteiger partial charge on any atom is -0.462 e. The third-order valence-corrected chi connectivity index (χ3v) is 9.41. The molecule has 2 fully saturated rings. The smallest absolute Gasteiger partial charge is 0.308 e. The summed E-state index contributed by atoms with van der Waals surface area (Å²) >= 11 is 0. The van der Waals surface area contributed by atoms with Crippen LogP contribution in [0.4, 0.5) is 0 Å². The van der Waals surface area contributed by atoms with Crippen molar-refractivity contribution >= 4 is 11.9 Å². The molecule has 9 atom stereocenters. The van der Waals surface area contributed by atoms with Crippen LogP contribution in [-0.4, -0.2) is 84.7 Å². The Morgan fingerprint density at radius 2 is 1.76 bits per heavy atom. The molecule has 2 heterocycles. The number of allylic oxidation sites excluding steroid dienone is 2. The summed E-state index contributed by atoms with van der Waals surface area (Å²) in [4.78, 5) is 28.3.